The van der Waals surface area contributed by atoms with E-state index in [2.05, 4.69) is 49.3 Å². The highest BCUT2D eigenvalue weighted by Gasteiger charge is 2.13. The lowest BCUT2D eigenvalue weighted by atomic mass is 9.99. The number of nitrogens with zero attached hydrogens (tertiary/aromatic N) is 1. The first-order valence-electron chi connectivity index (χ1n) is 7.00. The van der Waals surface area contributed by atoms with Crippen LogP contribution in [0, 0.1) is 13.8 Å². The molecule has 0 aliphatic rings. The Balaban J connectivity index is 2.62. The fourth-order valence-corrected chi connectivity index (χ4v) is 2.44. The second kappa shape index (κ2) is 8.31. The van der Waals surface area contributed by atoms with Crippen molar-refractivity contribution in [3.63, 3.8) is 0 Å². The zero-order valence-electron chi connectivity index (χ0n) is 13.0. The van der Waals surface area contributed by atoms with Gasteiger partial charge < -0.3 is 15.0 Å². The summed E-state index contributed by atoms with van der Waals surface area (Å²) in [5, 5.41) is 3.43. The summed E-state index contributed by atoms with van der Waals surface area (Å²) in [5.41, 5.74) is 4.08. The maximum absolute atomic E-state index is 5.10. The number of ether oxygens (including phenoxy) is 1. The van der Waals surface area contributed by atoms with Gasteiger partial charge in [-0.2, -0.15) is 0 Å². The lowest BCUT2D eigenvalue weighted by Crippen LogP contribution is -2.32. The van der Waals surface area contributed by atoms with Gasteiger partial charge in [0.15, 0.2) is 0 Å². The Morgan fingerprint density at radius 3 is 2.63 bits per heavy atom. The summed E-state index contributed by atoms with van der Waals surface area (Å²) in [7, 11) is 5.96. The number of likely N-dealkylation sites (N-methyl/N-ethyl adjacent to an activating group) is 2. The minimum absolute atomic E-state index is 0.383. The summed E-state index contributed by atoms with van der Waals surface area (Å²) >= 11 is 0. The molecule has 0 aliphatic carbocycles. The normalized spacial score (nSPS) is 12.9. The van der Waals surface area contributed by atoms with Crippen molar-refractivity contribution in [1.29, 1.82) is 0 Å². The summed E-state index contributed by atoms with van der Waals surface area (Å²) in [6.45, 7) is 7.25. The lowest BCUT2D eigenvalue weighted by molar-refractivity contribution is 0.176. The molecule has 19 heavy (non-hydrogen) atoms. The number of methoxy groups -OCH3 is 1. The van der Waals surface area contributed by atoms with Crippen molar-refractivity contribution in [2.24, 2.45) is 0 Å². The summed E-state index contributed by atoms with van der Waals surface area (Å²) in [4.78, 5) is 2.36. The molecule has 1 rings (SSSR count). The van der Waals surface area contributed by atoms with Gasteiger partial charge in [-0.25, -0.2) is 0 Å². The number of hydrogen-bond donors (Lipinski definition) is 1. The Morgan fingerprint density at radius 1 is 1.32 bits per heavy atom. The van der Waals surface area contributed by atoms with E-state index in [9.17, 15) is 0 Å². The van der Waals surface area contributed by atoms with E-state index >= 15 is 0 Å². The van der Waals surface area contributed by atoms with E-state index in [1.807, 2.05) is 7.05 Å². The molecule has 0 radical (unpaired) electrons. The van der Waals surface area contributed by atoms with Crippen molar-refractivity contribution in [2.45, 2.75) is 26.3 Å². The van der Waals surface area contributed by atoms with Gasteiger partial charge in [-0.05, 0) is 45.5 Å². The van der Waals surface area contributed by atoms with Gasteiger partial charge in [0, 0.05) is 32.8 Å². The van der Waals surface area contributed by atoms with Crippen molar-refractivity contribution >= 4 is 0 Å². The van der Waals surface area contributed by atoms with Crippen LogP contribution in [0.5, 0.6) is 0 Å². The van der Waals surface area contributed by atoms with Gasteiger partial charge in [0.1, 0.15) is 0 Å². The van der Waals surface area contributed by atoms with E-state index < -0.39 is 0 Å². The van der Waals surface area contributed by atoms with E-state index in [-0.39, 0.29) is 0 Å². The largest absolute Gasteiger partial charge is 0.385 e. The second-order valence-corrected chi connectivity index (χ2v) is 5.31. The van der Waals surface area contributed by atoms with E-state index in [0.717, 1.165) is 26.1 Å². The smallest absolute Gasteiger partial charge is 0.0474 e. The molecular weight excluding hydrogens is 236 g/mol. The number of benzene rings is 1. The third-order valence-electron chi connectivity index (χ3n) is 3.53. The third kappa shape index (κ3) is 5.31. The summed E-state index contributed by atoms with van der Waals surface area (Å²) < 4.78 is 5.10. The minimum atomic E-state index is 0.383. The molecule has 1 unspecified atom stereocenters. The van der Waals surface area contributed by atoms with Crippen molar-refractivity contribution < 1.29 is 4.74 Å². The Bertz CT molecular complexity index is 379. The minimum Gasteiger partial charge on any atom is -0.385 e. The van der Waals surface area contributed by atoms with Crippen LogP contribution < -0.4 is 5.32 Å². The van der Waals surface area contributed by atoms with Gasteiger partial charge >= 0.3 is 0 Å². The molecule has 0 saturated carbocycles. The molecule has 0 aromatic heterocycles. The topological polar surface area (TPSA) is 24.5 Å². The van der Waals surface area contributed by atoms with Crippen molar-refractivity contribution in [3.05, 3.63) is 34.9 Å². The number of aryl methyl sites for hydroxylation is 2. The number of rotatable bonds is 8. The average molecular weight is 264 g/mol. The van der Waals surface area contributed by atoms with Crippen LogP contribution in [0.1, 0.15) is 29.2 Å². The van der Waals surface area contributed by atoms with Crippen LogP contribution in [0.3, 0.4) is 0 Å². The van der Waals surface area contributed by atoms with Gasteiger partial charge in [-0.3, -0.25) is 0 Å². The van der Waals surface area contributed by atoms with Gasteiger partial charge in [-0.1, -0.05) is 23.8 Å². The molecule has 108 valence electrons. The van der Waals surface area contributed by atoms with Gasteiger partial charge in [-0.15, -0.1) is 0 Å². The molecule has 0 heterocycles. The molecule has 0 spiro atoms. The maximum atomic E-state index is 5.10. The van der Waals surface area contributed by atoms with E-state index in [0.29, 0.717) is 6.04 Å². The van der Waals surface area contributed by atoms with Crippen LogP contribution in [-0.4, -0.2) is 45.8 Å². The number of hydrogen-bond acceptors (Lipinski definition) is 3. The van der Waals surface area contributed by atoms with Crippen LogP contribution in [0.25, 0.3) is 0 Å². The molecule has 1 aromatic carbocycles. The Labute approximate surface area is 118 Å². The fourth-order valence-electron chi connectivity index (χ4n) is 2.44. The standard InChI is InChI=1S/C16H28N2O/c1-13-7-8-15(14(2)11-13)16(17-3)12-18(4)9-6-10-19-5/h7-8,11,16-17H,6,9-10,12H2,1-5H3. The molecule has 0 aliphatic heterocycles. The highest BCUT2D eigenvalue weighted by molar-refractivity contribution is 5.33. The molecule has 0 bridgehead atoms. The monoisotopic (exact) mass is 264 g/mol. The zero-order chi connectivity index (χ0) is 14.3. The van der Waals surface area contributed by atoms with Crippen molar-refractivity contribution in [2.75, 3.05) is 40.9 Å². The first kappa shape index (κ1) is 16.2. The SMILES string of the molecule is CNC(CN(C)CCCOC)c1ccc(C)cc1C. The summed E-state index contributed by atoms with van der Waals surface area (Å²) in [5.74, 6) is 0. The molecule has 1 N–H and O–H groups in total. The molecule has 1 aromatic rings. The van der Waals surface area contributed by atoms with Crippen LogP contribution in [0.4, 0.5) is 0 Å². The highest BCUT2D eigenvalue weighted by Crippen LogP contribution is 2.19. The quantitative estimate of drug-likeness (QED) is 0.730. The van der Waals surface area contributed by atoms with Crippen molar-refractivity contribution in [3.8, 4) is 0 Å². The van der Waals surface area contributed by atoms with Crippen LogP contribution >= 0.6 is 0 Å². The average Bonchev–Trinajstić information content (AvgIpc) is 2.37. The third-order valence-corrected chi connectivity index (χ3v) is 3.53. The fraction of sp³-hybridized carbons (Fsp3) is 0.625. The predicted molar refractivity (Wildman–Crippen MR) is 81.7 cm³/mol. The Morgan fingerprint density at radius 2 is 2.05 bits per heavy atom. The Kier molecular flexibility index (Phi) is 7.06. The van der Waals surface area contributed by atoms with Crippen LogP contribution in [0.15, 0.2) is 18.2 Å². The molecule has 0 amide bonds. The van der Waals surface area contributed by atoms with E-state index in [1.54, 1.807) is 7.11 Å². The molecule has 3 nitrogen and oxygen atoms in total. The molecule has 0 fully saturated rings. The lowest BCUT2D eigenvalue weighted by Gasteiger charge is -2.25. The molecule has 0 saturated heterocycles. The first-order valence-corrected chi connectivity index (χ1v) is 7.00. The van der Waals surface area contributed by atoms with Crippen LogP contribution in [0.2, 0.25) is 0 Å². The molecule has 1 atom stereocenters. The predicted octanol–water partition coefficient (Wildman–Crippen LogP) is 2.53. The summed E-state index contributed by atoms with van der Waals surface area (Å²) in [6, 6.07) is 7.07. The molecule has 3 heteroatoms. The second-order valence-electron chi connectivity index (χ2n) is 5.31. The summed E-state index contributed by atoms with van der Waals surface area (Å²) in [6.07, 6.45) is 1.08. The van der Waals surface area contributed by atoms with Gasteiger partial charge in [0.25, 0.3) is 0 Å². The molecular formula is C16H28N2O. The van der Waals surface area contributed by atoms with Gasteiger partial charge in [0.05, 0.1) is 0 Å². The van der Waals surface area contributed by atoms with E-state index in [1.165, 1.54) is 16.7 Å². The highest BCUT2D eigenvalue weighted by atomic mass is 16.5. The zero-order valence-corrected chi connectivity index (χ0v) is 13.0. The van der Waals surface area contributed by atoms with Crippen LogP contribution in [-0.2, 0) is 4.74 Å². The van der Waals surface area contributed by atoms with E-state index in [4.69, 9.17) is 4.74 Å². The van der Waals surface area contributed by atoms with Gasteiger partial charge in [0.2, 0.25) is 0 Å². The van der Waals surface area contributed by atoms with Crippen molar-refractivity contribution in [1.82, 2.24) is 10.2 Å². The maximum Gasteiger partial charge on any atom is 0.0474 e. The number of nitrogens with one attached hydrogen (secondary N) is 1. The first-order chi connectivity index (χ1) is 9.08. The Hall–Kier alpha value is -0.900.